The van der Waals surface area contributed by atoms with Gasteiger partial charge in [-0.3, -0.25) is 4.98 Å². The first-order chi connectivity index (χ1) is 17.5. The van der Waals surface area contributed by atoms with Crippen molar-refractivity contribution in [3.05, 3.63) is 53.5 Å². The number of nitrogens with zero attached hydrogens (tertiary/aromatic N) is 2. The molecule has 4 aliphatic rings. The Bertz CT molecular complexity index is 1260. The maximum absolute atomic E-state index is 14.8. The number of fused-ring (bicyclic) bond motifs is 5. The highest BCUT2D eigenvalue weighted by Gasteiger charge is 2.53. The van der Waals surface area contributed by atoms with Crippen LogP contribution >= 0.6 is 0 Å². The Labute approximate surface area is 209 Å². The van der Waals surface area contributed by atoms with E-state index in [9.17, 15) is 9.50 Å². The second-order valence-electron chi connectivity index (χ2n) is 10.1. The fraction of sp³-hybridized carbons (Fsp3) is 0.481. The molecular weight excluding hydrogens is 463 g/mol. The quantitative estimate of drug-likeness (QED) is 0.460. The van der Waals surface area contributed by atoms with E-state index in [1.54, 1.807) is 12.1 Å². The van der Waals surface area contributed by atoms with Crippen molar-refractivity contribution < 1.29 is 23.7 Å². The van der Waals surface area contributed by atoms with Crippen molar-refractivity contribution in [3.8, 4) is 11.6 Å². The van der Waals surface area contributed by atoms with Crippen LogP contribution in [0.4, 0.5) is 10.1 Å². The van der Waals surface area contributed by atoms with Gasteiger partial charge in [0, 0.05) is 36.7 Å². The molecular formula is C27H31FN4O4. The van der Waals surface area contributed by atoms with Gasteiger partial charge in [-0.25, -0.2) is 9.37 Å². The lowest BCUT2D eigenvalue weighted by Crippen LogP contribution is -2.65. The Balaban J connectivity index is 1.13. The molecule has 36 heavy (non-hydrogen) atoms. The smallest absolute Gasteiger partial charge is 0.213 e. The summed E-state index contributed by atoms with van der Waals surface area (Å²) in [6.07, 6.45) is 3.65. The number of aliphatic hydroxyl groups is 1. The lowest BCUT2D eigenvalue weighted by Gasteiger charge is -2.55. The zero-order valence-corrected chi connectivity index (χ0v) is 20.3. The van der Waals surface area contributed by atoms with Crippen molar-refractivity contribution in [1.29, 1.82) is 0 Å². The average Bonchev–Trinajstić information content (AvgIpc) is 2.94. The molecule has 1 saturated carbocycles. The topological polar surface area (TPSA) is 97.8 Å². The van der Waals surface area contributed by atoms with Gasteiger partial charge < -0.3 is 30.0 Å². The molecule has 2 bridgehead atoms. The van der Waals surface area contributed by atoms with Crippen LogP contribution in [0.3, 0.4) is 0 Å². The fourth-order valence-electron chi connectivity index (χ4n) is 5.73. The molecule has 0 spiro atoms. The van der Waals surface area contributed by atoms with Gasteiger partial charge in [-0.2, -0.15) is 0 Å². The SMILES string of the molecule is COc1ccc2ncc(F)c(C[C@H](O)C34CCC(NCc5ccc6c(c5)NCCO6)(CC3)CO4)c2n1. The number of anilines is 1. The molecule has 190 valence electrons. The number of ether oxygens (including phenoxy) is 3. The monoisotopic (exact) mass is 494 g/mol. The molecule has 1 aromatic carbocycles. The van der Waals surface area contributed by atoms with Gasteiger partial charge in [0.1, 0.15) is 18.2 Å². The third-order valence-electron chi connectivity index (χ3n) is 8.03. The molecule has 0 radical (unpaired) electrons. The predicted molar refractivity (Wildman–Crippen MR) is 133 cm³/mol. The molecule has 0 unspecified atom stereocenters. The molecule has 3 aromatic rings. The average molecular weight is 495 g/mol. The molecule has 3 aliphatic heterocycles. The summed E-state index contributed by atoms with van der Waals surface area (Å²) in [4.78, 5) is 8.54. The number of benzene rings is 1. The Hall–Kier alpha value is -3.01. The lowest BCUT2D eigenvalue weighted by molar-refractivity contribution is -0.208. The van der Waals surface area contributed by atoms with E-state index < -0.39 is 17.5 Å². The summed E-state index contributed by atoms with van der Waals surface area (Å²) in [5, 5.41) is 18.4. The summed E-state index contributed by atoms with van der Waals surface area (Å²) >= 11 is 0. The van der Waals surface area contributed by atoms with Gasteiger partial charge in [-0.1, -0.05) is 6.07 Å². The van der Waals surface area contributed by atoms with Crippen LogP contribution in [0.2, 0.25) is 0 Å². The molecule has 3 fully saturated rings. The Morgan fingerprint density at radius 1 is 1.22 bits per heavy atom. The second-order valence-corrected chi connectivity index (χ2v) is 10.1. The van der Waals surface area contributed by atoms with Gasteiger partial charge in [-0.05, 0) is 49.4 Å². The van der Waals surface area contributed by atoms with E-state index >= 15 is 0 Å². The number of methoxy groups -OCH3 is 1. The van der Waals surface area contributed by atoms with Crippen LogP contribution in [-0.4, -0.2) is 59.2 Å². The van der Waals surface area contributed by atoms with E-state index in [2.05, 4.69) is 32.7 Å². The highest BCUT2D eigenvalue weighted by atomic mass is 19.1. The van der Waals surface area contributed by atoms with Gasteiger partial charge >= 0.3 is 0 Å². The number of pyridine rings is 2. The number of nitrogens with one attached hydrogen (secondary N) is 2. The number of aliphatic hydroxyl groups excluding tert-OH is 1. The molecule has 9 heteroatoms. The number of aromatic nitrogens is 2. The van der Waals surface area contributed by atoms with Crippen molar-refractivity contribution in [3.63, 3.8) is 0 Å². The summed E-state index contributed by atoms with van der Waals surface area (Å²) in [6, 6.07) is 9.68. The molecule has 2 aromatic heterocycles. The van der Waals surface area contributed by atoms with E-state index in [0.717, 1.165) is 37.4 Å². The number of halogens is 1. The molecule has 2 saturated heterocycles. The first kappa shape index (κ1) is 23.4. The van der Waals surface area contributed by atoms with E-state index in [1.165, 1.54) is 18.9 Å². The molecule has 3 N–H and O–H groups in total. The van der Waals surface area contributed by atoms with E-state index in [-0.39, 0.29) is 12.0 Å². The molecule has 0 amide bonds. The van der Waals surface area contributed by atoms with E-state index in [4.69, 9.17) is 14.2 Å². The van der Waals surface area contributed by atoms with Crippen molar-refractivity contribution >= 4 is 16.7 Å². The van der Waals surface area contributed by atoms with E-state index in [1.807, 2.05) is 6.07 Å². The Morgan fingerprint density at radius 2 is 2.08 bits per heavy atom. The number of hydrogen-bond donors (Lipinski definition) is 3. The van der Waals surface area contributed by atoms with Crippen LogP contribution in [-0.2, 0) is 17.7 Å². The summed E-state index contributed by atoms with van der Waals surface area (Å²) in [5.41, 5.74) is 2.74. The van der Waals surface area contributed by atoms with Gasteiger partial charge in [0.05, 0.1) is 48.3 Å². The van der Waals surface area contributed by atoms with Gasteiger partial charge in [0.15, 0.2) is 0 Å². The van der Waals surface area contributed by atoms with Crippen molar-refractivity contribution in [1.82, 2.24) is 15.3 Å². The molecule has 1 atom stereocenters. The van der Waals surface area contributed by atoms with Crippen molar-refractivity contribution in [2.75, 3.05) is 32.2 Å². The molecule has 7 rings (SSSR count). The fourth-order valence-corrected chi connectivity index (χ4v) is 5.73. The summed E-state index contributed by atoms with van der Waals surface area (Å²) in [7, 11) is 1.52. The number of rotatable bonds is 7. The van der Waals surface area contributed by atoms with Crippen LogP contribution in [0.1, 0.15) is 36.8 Å². The summed E-state index contributed by atoms with van der Waals surface area (Å²) < 4.78 is 32.1. The zero-order chi connectivity index (χ0) is 24.8. The maximum atomic E-state index is 14.8. The highest BCUT2D eigenvalue weighted by molar-refractivity contribution is 5.78. The third-order valence-corrected chi connectivity index (χ3v) is 8.03. The van der Waals surface area contributed by atoms with Gasteiger partial charge in [0.25, 0.3) is 0 Å². The lowest BCUT2D eigenvalue weighted by atomic mass is 9.68. The summed E-state index contributed by atoms with van der Waals surface area (Å²) in [5.74, 6) is 0.799. The van der Waals surface area contributed by atoms with Gasteiger partial charge in [-0.15, -0.1) is 0 Å². The standard InChI is InChI=1S/C27H31FN4O4/c1-34-24-5-3-20-25(32-24)18(19(28)15-30-20)13-23(33)27-8-6-26(7-9-27,16-36-27)31-14-17-2-4-22-21(12-17)29-10-11-35-22/h2-5,12,15,23,29,31,33H,6-11,13-14,16H2,1H3/t23-,26?,27?/m0/s1. The minimum atomic E-state index is -0.851. The van der Waals surface area contributed by atoms with Crippen molar-refractivity contribution in [2.45, 2.75) is 55.9 Å². The Morgan fingerprint density at radius 3 is 2.86 bits per heavy atom. The molecule has 8 nitrogen and oxygen atoms in total. The first-order valence-corrected chi connectivity index (χ1v) is 12.5. The van der Waals surface area contributed by atoms with Crippen LogP contribution in [0.15, 0.2) is 36.5 Å². The molecule has 5 heterocycles. The highest BCUT2D eigenvalue weighted by Crippen LogP contribution is 2.46. The minimum absolute atomic E-state index is 0.107. The summed E-state index contributed by atoms with van der Waals surface area (Å²) in [6.45, 7) is 2.75. The maximum Gasteiger partial charge on any atom is 0.213 e. The largest absolute Gasteiger partial charge is 0.490 e. The minimum Gasteiger partial charge on any atom is -0.490 e. The second kappa shape index (κ2) is 9.14. The molecule has 1 aliphatic carbocycles. The Kier molecular flexibility index (Phi) is 5.94. The van der Waals surface area contributed by atoms with Crippen LogP contribution in [0, 0.1) is 5.82 Å². The number of hydrogen-bond acceptors (Lipinski definition) is 8. The van der Waals surface area contributed by atoms with Crippen LogP contribution < -0.4 is 20.1 Å². The van der Waals surface area contributed by atoms with Crippen LogP contribution in [0.25, 0.3) is 11.0 Å². The van der Waals surface area contributed by atoms with Gasteiger partial charge in [0.2, 0.25) is 5.88 Å². The first-order valence-electron chi connectivity index (χ1n) is 12.5. The normalized spacial score (nSPS) is 25.6. The third kappa shape index (κ3) is 4.15. The predicted octanol–water partition coefficient (Wildman–Crippen LogP) is 3.36. The van der Waals surface area contributed by atoms with Crippen LogP contribution in [0.5, 0.6) is 11.6 Å². The zero-order valence-electron chi connectivity index (χ0n) is 20.3. The van der Waals surface area contributed by atoms with E-state index in [0.29, 0.717) is 48.5 Å². The van der Waals surface area contributed by atoms with Crippen molar-refractivity contribution in [2.24, 2.45) is 0 Å².